The molecule has 0 saturated carbocycles. The third kappa shape index (κ3) is 11.3. The maximum absolute atomic E-state index is 9.64. The van der Waals surface area contributed by atoms with Crippen molar-refractivity contribution in [1.29, 1.82) is 0 Å². The molecule has 1 aromatic carbocycles. The van der Waals surface area contributed by atoms with Gasteiger partial charge in [-0.05, 0) is 24.6 Å². The monoisotopic (exact) mass is 477 g/mol. The molecule has 0 saturated heterocycles. The molecule has 1 aromatic heterocycles. The first-order valence-electron chi connectivity index (χ1n) is 12.4. The normalized spacial score (nSPS) is 11.0. The van der Waals surface area contributed by atoms with Crippen LogP contribution in [-0.2, 0) is 6.54 Å². The molecule has 0 bridgehead atoms. The first kappa shape index (κ1) is 26.9. The number of fused-ring (bicyclic) bond motifs is 1. The number of pyridine rings is 1. The Labute approximate surface area is 195 Å². The van der Waals surface area contributed by atoms with Crippen molar-refractivity contribution >= 4 is 10.9 Å². The topological polar surface area (TPSA) is 24.1 Å². The van der Waals surface area contributed by atoms with Gasteiger partial charge in [0, 0.05) is 18.6 Å². The molecule has 0 fully saturated rings. The summed E-state index contributed by atoms with van der Waals surface area (Å²) in [7, 11) is 0. The van der Waals surface area contributed by atoms with E-state index >= 15 is 0 Å². The number of nitrogens with zero attached hydrogens (tertiary/aromatic N) is 1. The number of phenols is 1. The van der Waals surface area contributed by atoms with Gasteiger partial charge in [-0.2, -0.15) is 4.57 Å². The Morgan fingerprint density at radius 3 is 1.70 bits per heavy atom. The van der Waals surface area contributed by atoms with E-state index in [9.17, 15) is 5.11 Å². The summed E-state index contributed by atoms with van der Waals surface area (Å²) >= 11 is 0. The zero-order valence-electron chi connectivity index (χ0n) is 19.3. The first-order valence-corrected chi connectivity index (χ1v) is 12.4. The molecule has 0 aliphatic carbocycles. The molecule has 0 amide bonds. The standard InChI is InChI=1S/C27H43NO.BrH/c1-2-3-4-5-6-7-8-9-10-11-12-13-14-15-16-17-22-28-23-18-19-25-24-26(29)20-21-27(25)28;/h18-21,23-24H,2-17,22H2,1H3;1H. The fourth-order valence-electron chi connectivity index (χ4n) is 4.29. The van der Waals surface area contributed by atoms with Crippen molar-refractivity contribution in [3.05, 3.63) is 36.5 Å². The van der Waals surface area contributed by atoms with Crippen molar-refractivity contribution in [2.24, 2.45) is 0 Å². The molecule has 30 heavy (non-hydrogen) atoms. The molecule has 0 radical (unpaired) electrons. The van der Waals surface area contributed by atoms with Crippen LogP contribution < -0.4 is 21.5 Å². The average Bonchev–Trinajstić information content (AvgIpc) is 2.73. The largest absolute Gasteiger partial charge is 1.00 e. The van der Waals surface area contributed by atoms with Gasteiger partial charge in [0.2, 0.25) is 5.52 Å². The summed E-state index contributed by atoms with van der Waals surface area (Å²) in [6, 6.07) is 9.80. The van der Waals surface area contributed by atoms with Crippen LogP contribution in [0.15, 0.2) is 36.5 Å². The zero-order chi connectivity index (χ0) is 20.6. The van der Waals surface area contributed by atoms with Crippen LogP contribution in [0.25, 0.3) is 10.9 Å². The smallest absolute Gasteiger partial charge is 0.212 e. The maximum atomic E-state index is 9.64. The lowest BCUT2D eigenvalue weighted by Gasteiger charge is -2.04. The highest BCUT2D eigenvalue weighted by atomic mass is 79.9. The quantitative estimate of drug-likeness (QED) is 0.248. The molecule has 2 rings (SSSR count). The predicted molar refractivity (Wildman–Crippen MR) is 125 cm³/mol. The van der Waals surface area contributed by atoms with Gasteiger partial charge in [0.1, 0.15) is 12.3 Å². The third-order valence-electron chi connectivity index (χ3n) is 6.11. The molecule has 3 heteroatoms. The molecule has 0 unspecified atom stereocenters. The Hall–Kier alpha value is -1.09. The Morgan fingerprint density at radius 2 is 1.17 bits per heavy atom. The number of phenolic OH excluding ortho intramolecular Hbond substituents is 1. The van der Waals surface area contributed by atoms with Crippen LogP contribution in [0, 0.1) is 0 Å². The number of aromatic nitrogens is 1. The molecule has 170 valence electrons. The van der Waals surface area contributed by atoms with E-state index in [0.717, 1.165) is 11.9 Å². The molecule has 1 N–H and O–H groups in total. The van der Waals surface area contributed by atoms with Crippen molar-refractivity contribution in [2.45, 2.75) is 116 Å². The van der Waals surface area contributed by atoms with Gasteiger partial charge in [-0.3, -0.25) is 0 Å². The molecule has 0 aliphatic heterocycles. The van der Waals surface area contributed by atoms with Gasteiger partial charge >= 0.3 is 0 Å². The van der Waals surface area contributed by atoms with Crippen LogP contribution in [0.1, 0.15) is 110 Å². The molecule has 2 nitrogen and oxygen atoms in total. The minimum atomic E-state index is 0. The zero-order valence-corrected chi connectivity index (χ0v) is 20.8. The third-order valence-corrected chi connectivity index (χ3v) is 6.11. The summed E-state index contributed by atoms with van der Waals surface area (Å²) in [6.45, 7) is 3.36. The van der Waals surface area contributed by atoms with Crippen LogP contribution in [-0.4, -0.2) is 5.11 Å². The number of hydrogen-bond donors (Lipinski definition) is 1. The number of unbranched alkanes of at least 4 members (excludes halogenated alkanes) is 15. The Balaban J connectivity index is 0.00000450. The van der Waals surface area contributed by atoms with Crippen LogP contribution >= 0.6 is 0 Å². The van der Waals surface area contributed by atoms with Crippen molar-refractivity contribution in [1.82, 2.24) is 0 Å². The molecule has 2 aromatic rings. The van der Waals surface area contributed by atoms with Crippen LogP contribution in [0.5, 0.6) is 5.75 Å². The number of rotatable bonds is 17. The molecule has 1 heterocycles. The van der Waals surface area contributed by atoms with Crippen molar-refractivity contribution in [3.8, 4) is 5.75 Å². The number of halogens is 1. The van der Waals surface area contributed by atoms with Crippen LogP contribution in [0.2, 0.25) is 0 Å². The second-order valence-corrected chi connectivity index (χ2v) is 8.75. The number of aryl methyl sites for hydroxylation is 1. The summed E-state index contributed by atoms with van der Waals surface area (Å²) in [5.74, 6) is 0.345. The second kappa shape index (κ2) is 17.6. The predicted octanol–water partition coefficient (Wildman–Crippen LogP) is 5.10. The number of hydrogen-bond acceptors (Lipinski definition) is 1. The SMILES string of the molecule is CCCCCCCCCCCCCCCCCC[n+]1cccc2cc(O)ccc21.[Br-]. The van der Waals surface area contributed by atoms with Crippen molar-refractivity contribution in [2.75, 3.05) is 0 Å². The van der Waals surface area contributed by atoms with E-state index < -0.39 is 0 Å². The fraction of sp³-hybridized carbons (Fsp3) is 0.667. The molecule has 0 aliphatic rings. The highest BCUT2D eigenvalue weighted by molar-refractivity contribution is 5.76. The molecule has 0 spiro atoms. The lowest BCUT2D eigenvalue weighted by Crippen LogP contribution is -3.00. The molecular formula is C27H44BrNO. The average molecular weight is 479 g/mol. The Bertz CT molecular complexity index is 673. The van der Waals surface area contributed by atoms with Crippen LogP contribution in [0.4, 0.5) is 0 Å². The van der Waals surface area contributed by atoms with E-state index in [-0.39, 0.29) is 17.0 Å². The molecule has 0 atom stereocenters. The van der Waals surface area contributed by atoms with Gasteiger partial charge in [-0.15, -0.1) is 0 Å². The number of benzene rings is 1. The summed E-state index contributed by atoms with van der Waals surface area (Å²) in [4.78, 5) is 0. The minimum Gasteiger partial charge on any atom is -1.00 e. The Kier molecular flexibility index (Phi) is 15.8. The lowest BCUT2D eigenvalue weighted by molar-refractivity contribution is -0.671. The van der Waals surface area contributed by atoms with Crippen LogP contribution in [0.3, 0.4) is 0 Å². The summed E-state index contributed by atoms with van der Waals surface area (Å²) in [5.41, 5.74) is 1.21. The van der Waals surface area contributed by atoms with Gasteiger partial charge in [0.05, 0.1) is 5.39 Å². The fourth-order valence-corrected chi connectivity index (χ4v) is 4.29. The summed E-state index contributed by atoms with van der Waals surface area (Å²) < 4.78 is 2.32. The van der Waals surface area contributed by atoms with Gasteiger partial charge < -0.3 is 22.1 Å². The number of aromatic hydroxyl groups is 1. The maximum Gasteiger partial charge on any atom is 0.212 e. The van der Waals surface area contributed by atoms with Gasteiger partial charge in [0.15, 0.2) is 6.20 Å². The Morgan fingerprint density at radius 1 is 0.667 bits per heavy atom. The molecular weight excluding hydrogens is 434 g/mol. The van der Waals surface area contributed by atoms with Gasteiger partial charge in [-0.1, -0.05) is 96.8 Å². The van der Waals surface area contributed by atoms with E-state index in [1.807, 2.05) is 12.1 Å². The summed E-state index contributed by atoms with van der Waals surface area (Å²) in [5, 5.41) is 10.8. The van der Waals surface area contributed by atoms with E-state index in [0.29, 0.717) is 5.75 Å². The van der Waals surface area contributed by atoms with E-state index in [1.165, 1.54) is 108 Å². The lowest BCUT2D eigenvalue weighted by atomic mass is 10.0. The van der Waals surface area contributed by atoms with Crippen molar-refractivity contribution < 1.29 is 26.7 Å². The summed E-state index contributed by atoms with van der Waals surface area (Å²) in [6.07, 6.45) is 24.7. The second-order valence-electron chi connectivity index (χ2n) is 8.75. The highest BCUT2D eigenvalue weighted by Gasteiger charge is 2.08. The van der Waals surface area contributed by atoms with E-state index in [2.05, 4.69) is 29.8 Å². The van der Waals surface area contributed by atoms with E-state index in [1.54, 1.807) is 6.07 Å². The minimum absolute atomic E-state index is 0. The van der Waals surface area contributed by atoms with Crippen molar-refractivity contribution in [3.63, 3.8) is 0 Å². The highest BCUT2D eigenvalue weighted by Crippen LogP contribution is 2.17. The van der Waals surface area contributed by atoms with E-state index in [4.69, 9.17) is 0 Å². The van der Waals surface area contributed by atoms with Gasteiger partial charge in [0.25, 0.3) is 0 Å². The van der Waals surface area contributed by atoms with Gasteiger partial charge in [-0.25, -0.2) is 0 Å². The first-order chi connectivity index (χ1) is 14.3.